The summed E-state index contributed by atoms with van der Waals surface area (Å²) >= 11 is 0. The number of hydrogen-bond donors (Lipinski definition) is 2. The average molecular weight is 291 g/mol. The van der Waals surface area contributed by atoms with Crippen LogP contribution in [0.3, 0.4) is 0 Å². The Balaban J connectivity index is 2.22. The molecule has 5 nitrogen and oxygen atoms in total. The minimum Gasteiger partial charge on any atom is -0.399 e. The Morgan fingerprint density at radius 1 is 1.20 bits per heavy atom. The van der Waals surface area contributed by atoms with Gasteiger partial charge in [-0.3, -0.25) is 4.98 Å². The molecule has 6 heteroatoms. The van der Waals surface area contributed by atoms with Crippen LogP contribution in [0.15, 0.2) is 41.6 Å². The van der Waals surface area contributed by atoms with E-state index in [0.717, 1.165) is 11.1 Å². The standard InChI is InChI=1S/C14H17N3O2S/c1-10-5-6-16-8-12(10)9-17-20(18,19)14-4-3-13(15)7-11(14)2/h3-8,17H,9,15H2,1-2H3. The molecule has 1 aromatic heterocycles. The van der Waals surface area contributed by atoms with Gasteiger partial charge in [0.25, 0.3) is 0 Å². The number of aromatic nitrogens is 1. The van der Waals surface area contributed by atoms with E-state index in [2.05, 4.69) is 9.71 Å². The molecule has 2 aromatic rings. The Hall–Kier alpha value is -1.92. The van der Waals surface area contributed by atoms with E-state index in [1.54, 1.807) is 31.5 Å². The number of nitrogens with zero attached hydrogens (tertiary/aromatic N) is 1. The second-order valence-corrected chi connectivity index (χ2v) is 6.39. The number of aryl methyl sites for hydroxylation is 2. The van der Waals surface area contributed by atoms with Gasteiger partial charge in [-0.1, -0.05) is 0 Å². The zero-order valence-corrected chi connectivity index (χ0v) is 12.2. The molecule has 2 rings (SSSR count). The molecule has 0 amide bonds. The molecule has 1 aromatic carbocycles. The fourth-order valence-corrected chi connectivity index (χ4v) is 3.14. The Bertz CT molecular complexity index is 727. The van der Waals surface area contributed by atoms with Crippen LogP contribution < -0.4 is 10.5 Å². The lowest BCUT2D eigenvalue weighted by Crippen LogP contribution is -2.24. The van der Waals surface area contributed by atoms with Gasteiger partial charge in [-0.05, 0) is 54.8 Å². The number of nitrogens with two attached hydrogens (primary N) is 1. The van der Waals surface area contributed by atoms with Gasteiger partial charge in [0, 0.05) is 24.6 Å². The van der Waals surface area contributed by atoms with Crippen molar-refractivity contribution in [2.45, 2.75) is 25.3 Å². The first kappa shape index (κ1) is 14.5. The summed E-state index contributed by atoms with van der Waals surface area (Å²) in [4.78, 5) is 4.24. The highest BCUT2D eigenvalue weighted by Crippen LogP contribution is 2.18. The zero-order valence-electron chi connectivity index (χ0n) is 11.4. The predicted octanol–water partition coefficient (Wildman–Crippen LogP) is 1.76. The summed E-state index contributed by atoms with van der Waals surface area (Å²) in [6, 6.07) is 6.59. The maximum Gasteiger partial charge on any atom is 0.241 e. The van der Waals surface area contributed by atoms with E-state index in [1.165, 1.54) is 6.07 Å². The summed E-state index contributed by atoms with van der Waals surface area (Å²) in [5.74, 6) is 0. The Morgan fingerprint density at radius 2 is 1.95 bits per heavy atom. The topological polar surface area (TPSA) is 85.1 Å². The van der Waals surface area contributed by atoms with Gasteiger partial charge in [0.1, 0.15) is 0 Å². The second-order valence-electron chi connectivity index (χ2n) is 4.65. The van der Waals surface area contributed by atoms with E-state index in [4.69, 9.17) is 5.73 Å². The summed E-state index contributed by atoms with van der Waals surface area (Å²) in [5.41, 5.74) is 8.65. The van der Waals surface area contributed by atoms with Gasteiger partial charge >= 0.3 is 0 Å². The number of anilines is 1. The highest BCUT2D eigenvalue weighted by molar-refractivity contribution is 7.89. The van der Waals surface area contributed by atoms with Crippen molar-refractivity contribution in [3.05, 3.63) is 53.3 Å². The number of rotatable bonds is 4. The van der Waals surface area contributed by atoms with Crippen LogP contribution in [-0.4, -0.2) is 13.4 Å². The second kappa shape index (κ2) is 5.60. The molecule has 0 aliphatic carbocycles. The van der Waals surface area contributed by atoms with Gasteiger partial charge in [0.2, 0.25) is 10.0 Å². The minimum absolute atomic E-state index is 0.214. The minimum atomic E-state index is -3.56. The smallest absolute Gasteiger partial charge is 0.241 e. The summed E-state index contributed by atoms with van der Waals surface area (Å²) in [6.07, 6.45) is 3.34. The molecule has 3 N–H and O–H groups in total. The van der Waals surface area contributed by atoms with E-state index in [-0.39, 0.29) is 11.4 Å². The lowest BCUT2D eigenvalue weighted by atomic mass is 10.2. The van der Waals surface area contributed by atoms with Crippen LogP contribution in [0.5, 0.6) is 0 Å². The van der Waals surface area contributed by atoms with Crippen molar-refractivity contribution in [3.8, 4) is 0 Å². The normalized spacial score (nSPS) is 11.5. The van der Waals surface area contributed by atoms with Crippen molar-refractivity contribution in [2.24, 2.45) is 0 Å². The monoisotopic (exact) mass is 291 g/mol. The van der Waals surface area contributed by atoms with Gasteiger partial charge in [-0.25, -0.2) is 13.1 Å². The van der Waals surface area contributed by atoms with Crippen molar-refractivity contribution in [1.29, 1.82) is 0 Å². The maximum absolute atomic E-state index is 12.3. The fraction of sp³-hybridized carbons (Fsp3) is 0.214. The van der Waals surface area contributed by atoms with Gasteiger partial charge in [-0.2, -0.15) is 0 Å². The number of nitrogens with one attached hydrogen (secondary N) is 1. The molecular weight excluding hydrogens is 274 g/mol. The third-order valence-electron chi connectivity index (χ3n) is 3.09. The summed E-state index contributed by atoms with van der Waals surface area (Å²) in [5, 5.41) is 0. The van der Waals surface area contributed by atoms with Crippen LogP contribution in [-0.2, 0) is 16.6 Å². The van der Waals surface area contributed by atoms with Crippen LogP contribution in [0.2, 0.25) is 0 Å². The Labute approximate surface area is 118 Å². The molecule has 106 valence electrons. The first-order chi connectivity index (χ1) is 9.40. The third-order valence-corrected chi connectivity index (χ3v) is 4.65. The highest BCUT2D eigenvalue weighted by Gasteiger charge is 2.16. The number of hydrogen-bond acceptors (Lipinski definition) is 4. The predicted molar refractivity (Wildman–Crippen MR) is 78.6 cm³/mol. The zero-order chi connectivity index (χ0) is 14.8. The first-order valence-corrected chi connectivity index (χ1v) is 7.64. The molecular formula is C14H17N3O2S. The SMILES string of the molecule is Cc1ccncc1CNS(=O)(=O)c1ccc(N)cc1C. The largest absolute Gasteiger partial charge is 0.399 e. The van der Waals surface area contributed by atoms with E-state index in [9.17, 15) is 8.42 Å². The number of benzene rings is 1. The van der Waals surface area contributed by atoms with Gasteiger partial charge < -0.3 is 5.73 Å². The number of nitrogen functional groups attached to an aromatic ring is 1. The quantitative estimate of drug-likeness (QED) is 0.841. The van der Waals surface area contributed by atoms with Crippen LogP contribution >= 0.6 is 0 Å². The van der Waals surface area contributed by atoms with Gasteiger partial charge in [-0.15, -0.1) is 0 Å². The highest BCUT2D eigenvalue weighted by atomic mass is 32.2. The molecule has 0 aliphatic heterocycles. The van der Waals surface area contributed by atoms with Crippen molar-refractivity contribution in [1.82, 2.24) is 9.71 Å². The molecule has 0 aliphatic rings. The van der Waals surface area contributed by atoms with E-state index in [1.807, 2.05) is 13.0 Å². The number of pyridine rings is 1. The summed E-state index contributed by atoms with van der Waals surface area (Å²) < 4.78 is 27.1. The Morgan fingerprint density at radius 3 is 2.60 bits per heavy atom. The summed E-state index contributed by atoms with van der Waals surface area (Å²) in [6.45, 7) is 3.85. The fourth-order valence-electron chi connectivity index (χ4n) is 1.91. The molecule has 0 bridgehead atoms. The van der Waals surface area contributed by atoms with E-state index < -0.39 is 10.0 Å². The first-order valence-electron chi connectivity index (χ1n) is 6.15. The van der Waals surface area contributed by atoms with Gasteiger partial charge in [0.15, 0.2) is 0 Å². The Kier molecular flexibility index (Phi) is 4.06. The summed E-state index contributed by atoms with van der Waals surface area (Å²) in [7, 11) is -3.56. The lowest BCUT2D eigenvalue weighted by Gasteiger charge is -2.11. The molecule has 1 heterocycles. The molecule has 0 saturated carbocycles. The van der Waals surface area contributed by atoms with Crippen LogP contribution in [0.4, 0.5) is 5.69 Å². The maximum atomic E-state index is 12.3. The van der Waals surface area contributed by atoms with E-state index in [0.29, 0.717) is 11.3 Å². The molecule has 0 spiro atoms. The van der Waals surface area contributed by atoms with Crippen molar-refractivity contribution >= 4 is 15.7 Å². The molecule has 0 fully saturated rings. The van der Waals surface area contributed by atoms with Crippen molar-refractivity contribution < 1.29 is 8.42 Å². The molecule has 0 radical (unpaired) electrons. The van der Waals surface area contributed by atoms with Crippen LogP contribution in [0, 0.1) is 13.8 Å². The van der Waals surface area contributed by atoms with Gasteiger partial charge in [0.05, 0.1) is 4.90 Å². The molecule has 0 saturated heterocycles. The van der Waals surface area contributed by atoms with Crippen molar-refractivity contribution in [2.75, 3.05) is 5.73 Å². The van der Waals surface area contributed by atoms with Crippen LogP contribution in [0.1, 0.15) is 16.7 Å². The third kappa shape index (κ3) is 3.15. The molecule has 0 unspecified atom stereocenters. The average Bonchev–Trinajstić information content (AvgIpc) is 2.37. The van der Waals surface area contributed by atoms with Crippen LogP contribution in [0.25, 0.3) is 0 Å². The lowest BCUT2D eigenvalue weighted by molar-refractivity contribution is 0.580. The van der Waals surface area contributed by atoms with E-state index >= 15 is 0 Å². The number of sulfonamides is 1. The molecule has 0 atom stereocenters. The molecule has 20 heavy (non-hydrogen) atoms. The van der Waals surface area contributed by atoms with Crippen molar-refractivity contribution in [3.63, 3.8) is 0 Å².